The second-order valence-corrected chi connectivity index (χ2v) is 9.61. The van der Waals surface area contributed by atoms with Gasteiger partial charge in [0.2, 0.25) is 10.0 Å². The molecule has 0 bridgehead atoms. The van der Waals surface area contributed by atoms with Gasteiger partial charge in [-0.1, -0.05) is 60.7 Å². The fourth-order valence-electron chi connectivity index (χ4n) is 3.59. The van der Waals surface area contributed by atoms with Crippen molar-refractivity contribution in [1.29, 1.82) is 0 Å². The summed E-state index contributed by atoms with van der Waals surface area (Å²) in [6, 6.07) is 19.3. The van der Waals surface area contributed by atoms with Crippen molar-refractivity contribution in [2.24, 2.45) is 0 Å². The summed E-state index contributed by atoms with van der Waals surface area (Å²) in [5, 5.41) is 7.39. The molecule has 0 radical (unpaired) electrons. The van der Waals surface area contributed by atoms with Crippen molar-refractivity contribution < 1.29 is 17.9 Å². The van der Waals surface area contributed by atoms with E-state index in [9.17, 15) is 13.2 Å². The highest BCUT2D eigenvalue weighted by molar-refractivity contribution is 7.89. The van der Waals surface area contributed by atoms with Crippen LogP contribution in [0.5, 0.6) is 0 Å². The summed E-state index contributed by atoms with van der Waals surface area (Å²) >= 11 is 0. The molecule has 1 N–H and O–H groups in total. The van der Waals surface area contributed by atoms with E-state index in [-0.39, 0.29) is 18.2 Å². The fourth-order valence-corrected chi connectivity index (χ4v) is 4.91. The molecule has 168 valence electrons. The molecule has 1 aliphatic heterocycles. The van der Waals surface area contributed by atoms with E-state index >= 15 is 0 Å². The molecule has 9 heteroatoms. The number of sulfonamides is 1. The second kappa shape index (κ2) is 10.1. The molecule has 1 saturated heterocycles. The first kappa shape index (κ1) is 22.2. The van der Waals surface area contributed by atoms with E-state index in [0.29, 0.717) is 44.1 Å². The van der Waals surface area contributed by atoms with Gasteiger partial charge >= 0.3 is 0 Å². The van der Waals surface area contributed by atoms with Crippen LogP contribution in [0.15, 0.2) is 66.9 Å². The lowest BCUT2D eigenvalue weighted by Gasteiger charge is -2.26. The van der Waals surface area contributed by atoms with Crippen LogP contribution in [-0.2, 0) is 21.3 Å². The Kier molecular flexibility index (Phi) is 6.99. The van der Waals surface area contributed by atoms with Crippen LogP contribution in [0.25, 0.3) is 11.3 Å². The SMILES string of the molecule is O=C(NCCS(=O)(=O)N1CCOCC1)c1cn(Cc2ccccc2)nc1-c1ccccc1. The molecular weight excluding hydrogens is 428 g/mol. The fraction of sp³-hybridized carbons (Fsp3) is 0.304. The van der Waals surface area contributed by atoms with Crippen LogP contribution in [0, 0.1) is 0 Å². The Morgan fingerprint density at radius 2 is 1.66 bits per heavy atom. The maximum atomic E-state index is 13.0. The molecule has 32 heavy (non-hydrogen) atoms. The van der Waals surface area contributed by atoms with E-state index in [2.05, 4.69) is 10.4 Å². The molecule has 0 aliphatic carbocycles. The maximum Gasteiger partial charge on any atom is 0.255 e. The van der Waals surface area contributed by atoms with Crippen molar-refractivity contribution in [3.05, 3.63) is 78.0 Å². The van der Waals surface area contributed by atoms with Gasteiger partial charge in [0, 0.05) is 31.4 Å². The van der Waals surface area contributed by atoms with Crippen LogP contribution in [0.3, 0.4) is 0 Å². The van der Waals surface area contributed by atoms with E-state index in [1.54, 1.807) is 10.9 Å². The molecule has 0 spiro atoms. The Balaban J connectivity index is 1.48. The van der Waals surface area contributed by atoms with Crippen LogP contribution in [0.4, 0.5) is 0 Å². The van der Waals surface area contributed by atoms with Crippen LogP contribution in [-0.4, -0.2) is 67.0 Å². The molecular formula is C23H26N4O4S. The van der Waals surface area contributed by atoms with Gasteiger partial charge in [-0.2, -0.15) is 9.40 Å². The van der Waals surface area contributed by atoms with Crippen molar-refractivity contribution in [1.82, 2.24) is 19.4 Å². The summed E-state index contributed by atoms with van der Waals surface area (Å²) in [7, 11) is -3.44. The van der Waals surface area contributed by atoms with Gasteiger partial charge in [-0.15, -0.1) is 0 Å². The van der Waals surface area contributed by atoms with Gasteiger partial charge in [-0.25, -0.2) is 8.42 Å². The van der Waals surface area contributed by atoms with E-state index in [0.717, 1.165) is 11.1 Å². The minimum absolute atomic E-state index is 0.0244. The van der Waals surface area contributed by atoms with Crippen molar-refractivity contribution in [2.75, 3.05) is 38.6 Å². The van der Waals surface area contributed by atoms with E-state index in [4.69, 9.17) is 4.74 Å². The number of ether oxygens (including phenoxy) is 1. The molecule has 4 rings (SSSR count). The standard InChI is InChI=1S/C23H26N4O4S/c28-23(24-11-16-32(29,30)27-12-14-31-15-13-27)21-18-26(17-19-7-3-1-4-8-19)25-22(21)20-9-5-2-6-10-20/h1-10,18H,11-17H2,(H,24,28). The number of hydrogen-bond acceptors (Lipinski definition) is 5. The van der Waals surface area contributed by atoms with Crippen LogP contribution in [0.2, 0.25) is 0 Å². The number of benzene rings is 2. The van der Waals surface area contributed by atoms with Crippen molar-refractivity contribution in [3.8, 4) is 11.3 Å². The first-order chi connectivity index (χ1) is 15.5. The van der Waals surface area contributed by atoms with Crippen molar-refractivity contribution in [2.45, 2.75) is 6.54 Å². The number of rotatable bonds is 8. The van der Waals surface area contributed by atoms with Crippen molar-refractivity contribution in [3.63, 3.8) is 0 Å². The van der Waals surface area contributed by atoms with Gasteiger partial charge < -0.3 is 10.1 Å². The maximum absolute atomic E-state index is 13.0. The zero-order valence-electron chi connectivity index (χ0n) is 17.7. The summed E-state index contributed by atoms with van der Waals surface area (Å²) in [6.45, 7) is 2.04. The normalized spacial score (nSPS) is 14.9. The average molecular weight is 455 g/mol. The molecule has 1 aliphatic rings. The Hall–Kier alpha value is -3.01. The highest BCUT2D eigenvalue weighted by atomic mass is 32.2. The number of aromatic nitrogens is 2. The molecule has 1 aromatic heterocycles. The van der Waals surface area contributed by atoms with Crippen LogP contribution < -0.4 is 5.32 Å². The number of carbonyl (C=O) groups is 1. The molecule has 0 unspecified atom stereocenters. The zero-order chi connectivity index (χ0) is 22.4. The van der Waals surface area contributed by atoms with Gasteiger partial charge in [0.05, 0.1) is 31.1 Å². The number of amides is 1. The molecule has 8 nitrogen and oxygen atoms in total. The number of nitrogens with one attached hydrogen (secondary N) is 1. The zero-order valence-corrected chi connectivity index (χ0v) is 18.5. The predicted molar refractivity (Wildman–Crippen MR) is 122 cm³/mol. The molecule has 0 atom stereocenters. The molecule has 3 aromatic rings. The van der Waals surface area contributed by atoms with Gasteiger partial charge in [0.1, 0.15) is 5.69 Å². The van der Waals surface area contributed by atoms with E-state index in [1.165, 1.54) is 4.31 Å². The number of carbonyl (C=O) groups excluding carboxylic acids is 1. The molecule has 2 aromatic carbocycles. The van der Waals surface area contributed by atoms with Gasteiger partial charge in [-0.3, -0.25) is 9.48 Å². The van der Waals surface area contributed by atoms with Gasteiger partial charge in [0.15, 0.2) is 0 Å². The Bertz CT molecular complexity index is 1140. The third-order valence-electron chi connectivity index (χ3n) is 5.25. The monoisotopic (exact) mass is 454 g/mol. The first-order valence-corrected chi connectivity index (χ1v) is 12.1. The smallest absolute Gasteiger partial charge is 0.255 e. The number of hydrogen-bond donors (Lipinski definition) is 1. The van der Waals surface area contributed by atoms with E-state index < -0.39 is 10.0 Å². The summed E-state index contributed by atoms with van der Waals surface area (Å²) in [5.41, 5.74) is 2.87. The summed E-state index contributed by atoms with van der Waals surface area (Å²) in [4.78, 5) is 13.0. The quantitative estimate of drug-likeness (QED) is 0.562. The van der Waals surface area contributed by atoms with Crippen LogP contribution in [0.1, 0.15) is 15.9 Å². The Labute approximate surface area is 187 Å². The molecule has 2 heterocycles. The molecule has 1 fully saturated rings. The predicted octanol–water partition coefficient (Wildman–Crippen LogP) is 1.99. The van der Waals surface area contributed by atoms with Crippen molar-refractivity contribution >= 4 is 15.9 Å². The molecule has 0 saturated carbocycles. The van der Waals surface area contributed by atoms with E-state index in [1.807, 2.05) is 60.7 Å². The highest BCUT2D eigenvalue weighted by Crippen LogP contribution is 2.22. The Morgan fingerprint density at radius 3 is 2.34 bits per heavy atom. The second-order valence-electron chi connectivity index (χ2n) is 7.52. The minimum atomic E-state index is -3.44. The summed E-state index contributed by atoms with van der Waals surface area (Å²) in [5.74, 6) is -0.502. The Morgan fingerprint density at radius 1 is 1.00 bits per heavy atom. The highest BCUT2D eigenvalue weighted by Gasteiger charge is 2.25. The number of morpholine rings is 1. The largest absolute Gasteiger partial charge is 0.379 e. The lowest BCUT2D eigenvalue weighted by molar-refractivity contribution is 0.0730. The van der Waals surface area contributed by atoms with Gasteiger partial charge in [0.25, 0.3) is 5.91 Å². The lowest BCUT2D eigenvalue weighted by atomic mass is 10.1. The topological polar surface area (TPSA) is 93.5 Å². The third kappa shape index (κ3) is 5.42. The summed E-state index contributed by atoms with van der Waals surface area (Å²) in [6.07, 6.45) is 1.71. The molecule has 1 amide bonds. The lowest BCUT2D eigenvalue weighted by Crippen LogP contribution is -2.43. The average Bonchev–Trinajstić information content (AvgIpc) is 3.24. The first-order valence-electron chi connectivity index (χ1n) is 10.5. The third-order valence-corrected chi connectivity index (χ3v) is 7.12. The summed E-state index contributed by atoms with van der Waals surface area (Å²) < 4.78 is 33.4. The van der Waals surface area contributed by atoms with Crippen LogP contribution >= 0.6 is 0 Å². The number of nitrogens with zero attached hydrogens (tertiary/aromatic N) is 3. The van der Waals surface area contributed by atoms with Gasteiger partial charge in [-0.05, 0) is 5.56 Å². The minimum Gasteiger partial charge on any atom is -0.379 e.